The number of ether oxygens (including phenoxy) is 2. The van der Waals surface area contributed by atoms with Crippen LogP contribution < -0.4 is 5.32 Å². The fourth-order valence-corrected chi connectivity index (χ4v) is 0.978. The Morgan fingerprint density at radius 1 is 1.31 bits per heavy atom. The van der Waals surface area contributed by atoms with Crippen LogP contribution in [0.2, 0.25) is 0 Å². The number of rotatable bonds is 8. The third kappa shape index (κ3) is 9.53. The van der Waals surface area contributed by atoms with Crippen molar-refractivity contribution in [2.75, 3.05) is 40.5 Å². The summed E-state index contributed by atoms with van der Waals surface area (Å²) >= 11 is 0. The van der Waals surface area contributed by atoms with E-state index in [1.165, 1.54) is 0 Å². The van der Waals surface area contributed by atoms with E-state index in [4.69, 9.17) is 9.47 Å². The lowest BCUT2D eigenvalue weighted by Gasteiger charge is -2.03. The molecule has 0 radical (unpaired) electrons. The van der Waals surface area contributed by atoms with Crippen LogP contribution in [-0.4, -0.2) is 40.5 Å². The monoisotopic (exact) mass is 187 g/mol. The van der Waals surface area contributed by atoms with Crippen LogP contribution >= 0.6 is 0 Å². The van der Waals surface area contributed by atoms with Gasteiger partial charge in [-0.2, -0.15) is 0 Å². The Morgan fingerprint density at radius 3 is 2.69 bits per heavy atom. The molecule has 0 saturated heterocycles. The average Bonchev–Trinajstić information content (AvgIpc) is 2.11. The molecule has 0 amide bonds. The average molecular weight is 187 g/mol. The van der Waals surface area contributed by atoms with Gasteiger partial charge in [-0.3, -0.25) is 0 Å². The summed E-state index contributed by atoms with van der Waals surface area (Å²) in [6.45, 7) is 5.49. The molecule has 0 rings (SSSR count). The summed E-state index contributed by atoms with van der Waals surface area (Å²) in [5.41, 5.74) is 0. The molecule has 0 aliphatic rings. The molecule has 0 fully saturated rings. The first-order chi connectivity index (χ1) is 6.31. The van der Waals surface area contributed by atoms with Gasteiger partial charge in [0.15, 0.2) is 0 Å². The molecule has 0 heterocycles. The van der Waals surface area contributed by atoms with Gasteiger partial charge in [0.1, 0.15) is 0 Å². The Labute approximate surface area is 81.1 Å². The molecule has 0 aromatic rings. The van der Waals surface area contributed by atoms with Crippen molar-refractivity contribution in [3.05, 3.63) is 12.2 Å². The third-order valence-electron chi connectivity index (χ3n) is 1.64. The minimum absolute atomic E-state index is 0.495. The molecule has 78 valence electrons. The van der Waals surface area contributed by atoms with E-state index in [9.17, 15) is 0 Å². The van der Waals surface area contributed by atoms with Crippen molar-refractivity contribution in [1.82, 2.24) is 5.32 Å². The first kappa shape index (κ1) is 12.6. The van der Waals surface area contributed by atoms with Crippen molar-refractivity contribution in [2.45, 2.75) is 6.92 Å². The Morgan fingerprint density at radius 2 is 2.08 bits per heavy atom. The molecule has 1 atom stereocenters. The second-order valence-corrected chi connectivity index (χ2v) is 3.06. The maximum absolute atomic E-state index is 5.01. The summed E-state index contributed by atoms with van der Waals surface area (Å²) < 4.78 is 9.91. The molecular weight excluding hydrogens is 166 g/mol. The second-order valence-electron chi connectivity index (χ2n) is 3.06. The third-order valence-corrected chi connectivity index (χ3v) is 1.64. The van der Waals surface area contributed by atoms with Crippen LogP contribution in [0.3, 0.4) is 0 Å². The van der Waals surface area contributed by atoms with E-state index in [2.05, 4.69) is 24.4 Å². The van der Waals surface area contributed by atoms with Gasteiger partial charge in [0.05, 0.1) is 13.2 Å². The first-order valence-corrected chi connectivity index (χ1v) is 4.66. The van der Waals surface area contributed by atoms with Crippen molar-refractivity contribution in [3.63, 3.8) is 0 Å². The molecule has 0 saturated carbocycles. The number of methoxy groups -OCH3 is 2. The first-order valence-electron chi connectivity index (χ1n) is 4.66. The molecule has 3 nitrogen and oxygen atoms in total. The van der Waals surface area contributed by atoms with E-state index < -0.39 is 0 Å². The molecule has 0 aromatic carbocycles. The van der Waals surface area contributed by atoms with Gasteiger partial charge < -0.3 is 14.8 Å². The highest BCUT2D eigenvalue weighted by molar-refractivity contribution is 4.87. The molecule has 0 aliphatic carbocycles. The number of hydrogen-bond acceptors (Lipinski definition) is 3. The van der Waals surface area contributed by atoms with Crippen LogP contribution in [0.1, 0.15) is 6.92 Å². The van der Waals surface area contributed by atoms with E-state index >= 15 is 0 Å². The van der Waals surface area contributed by atoms with E-state index in [0.29, 0.717) is 5.92 Å². The van der Waals surface area contributed by atoms with Gasteiger partial charge in [0, 0.05) is 27.3 Å². The second kappa shape index (κ2) is 9.71. The smallest absolute Gasteiger partial charge is 0.0587 e. The van der Waals surface area contributed by atoms with Crippen LogP contribution in [0, 0.1) is 5.92 Å². The number of hydrogen-bond donors (Lipinski definition) is 1. The van der Waals surface area contributed by atoms with Crippen molar-refractivity contribution in [1.29, 1.82) is 0 Å². The maximum Gasteiger partial charge on any atom is 0.0587 e. The fourth-order valence-electron chi connectivity index (χ4n) is 0.978. The van der Waals surface area contributed by atoms with Crippen LogP contribution in [0.15, 0.2) is 12.2 Å². The van der Waals surface area contributed by atoms with Crippen LogP contribution in [-0.2, 0) is 9.47 Å². The lowest BCUT2D eigenvalue weighted by atomic mass is 10.2. The SMILES string of the molecule is COCCNC/C=C/C(C)COC. The van der Waals surface area contributed by atoms with Crippen molar-refractivity contribution in [2.24, 2.45) is 5.92 Å². The molecule has 0 bridgehead atoms. The van der Waals surface area contributed by atoms with Crippen molar-refractivity contribution < 1.29 is 9.47 Å². The predicted molar refractivity (Wildman–Crippen MR) is 54.9 cm³/mol. The van der Waals surface area contributed by atoms with Gasteiger partial charge in [-0.25, -0.2) is 0 Å². The lowest BCUT2D eigenvalue weighted by Crippen LogP contribution is -2.19. The van der Waals surface area contributed by atoms with E-state index in [1.54, 1.807) is 14.2 Å². The number of nitrogens with one attached hydrogen (secondary N) is 1. The van der Waals surface area contributed by atoms with Crippen LogP contribution in [0.25, 0.3) is 0 Å². The van der Waals surface area contributed by atoms with E-state index in [1.807, 2.05) is 0 Å². The normalized spacial score (nSPS) is 13.8. The van der Waals surface area contributed by atoms with Gasteiger partial charge >= 0.3 is 0 Å². The summed E-state index contributed by atoms with van der Waals surface area (Å²) in [5, 5.41) is 3.23. The zero-order chi connectivity index (χ0) is 9.94. The van der Waals surface area contributed by atoms with Gasteiger partial charge in [-0.05, 0) is 5.92 Å². The Balaban J connectivity index is 3.20. The van der Waals surface area contributed by atoms with Gasteiger partial charge in [0.25, 0.3) is 0 Å². The van der Waals surface area contributed by atoms with Crippen LogP contribution in [0.5, 0.6) is 0 Å². The van der Waals surface area contributed by atoms with Gasteiger partial charge in [-0.1, -0.05) is 19.1 Å². The van der Waals surface area contributed by atoms with Gasteiger partial charge in [-0.15, -0.1) is 0 Å². The Hall–Kier alpha value is -0.380. The summed E-state index contributed by atoms with van der Waals surface area (Å²) in [6, 6.07) is 0. The highest BCUT2D eigenvalue weighted by atomic mass is 16.5. The van der Waals surface area contributed by atoms with E-state index in [-0.39, 0.29) is 0 Å². The van der Waals surface area contributed by atoms with Crippen molar-refractivity contribution >= 4 is 0 Å². The predicted octanol–water partition coefficient (Wildman–Crippen LogP) is 1.06. The van der Waals surface area contributed by atoms with Crippen LogP contribution in [0.4, 0.5) is 0 Å². The molecule has 0 spiro atoms. The quantitative estimate of drug-likeness (QED) is 0.455. The van der Waals surface area contributed by atoms with E-state index in [0.717, 1.165) is 26.3 Å². The topological polar surface area (TPSA) is 30.5 Å². The zero-order valence-corrected chi connectivity index (χ0v) is 8.88. The van der Waals surface area contributed by atoms with Crippen molar-refractivity contribution in [3.8, 4) is 0 Å². The fraction of sp³-hybridized carbons (Fsp3) is 0.800. The Kier molecular flexibility index (Phi) is 9.42. The highest BCUT2D eigenvalue weighted by Gasteiger charge is 1.92. The molecule has 3 heteroatoms. The minimum Gasteiger partial charge on any atom is -0.384 e. The lowest BCUT2D eigenvalue weighted by molar-refractivity contribution is 0.176. The molecule has 0 aliphatic heterocycles. The summed E-state index contributed by atoms with van der Waals surface area (Å²) in [5.74, 6) is 0.495. The minimum atomic E-state index is 0.495. The molecule has 1 N–H and O–H groups in total. The maximum atomic E-state index is 5.01. The molecule has 1 unspecified atom stereocenters. The molecular formula is C10H21NO2. The highest BCUT2D eigenvalue weighted by Crippen LogP contribution is 1.95. The molecule has 0 aromatic heterocycles. The summed E-state index contributed by atoms with van der Waals surface area (Å²) in [7, 11) is 3.43. The Bertz CT molecular complexity index is 126. The summed E-state index contributed by atoms with van der Waals surface area (Å²) in [6.07, 6.45) is 4.28. The standard InChI is InChI=1S/C10H21NO2/c1-10(9-13-3)5-4-6-11-7-8-12-2/h4-5,10-11H,6-9H2,1-3H3/b5-4+. The largest absolute Gasteiger partial charge is 0.384 e. The zero-order valence-electron chi connectivity index (χ0n) is 8.88. The summed E-state index contributed by atoms with van der Waals surface area (Å²) in [4.78, 5) is 0. The van der Waals surface area contributed by atoms with Gasteiger partial charge in [0.2, 0.25) is 0 Å². The molecule has 13 heavy (non-hydrogen) atoms.